The van der Waals surface area contributed by atoms with Gasteiger partial charge in [0.2, 0.25) is 0 Å². The minimum atomic E-state index is 0.371. The highest BCUT2D eigenvalue weighted by molar-refractivity contribution is 6.30. The Bertz CT molecular complexity index is 351. The third-order valence-corrected chi connectivity index (χ3v) is 2.86. The summed E-state index contributed by atoms with van der Waals surface area (Å²) in [6.45, 7) is 2.81. The van der Waals surface area contributed by atoms with Crippen molar-refractivity contribution in [1.29, 1.82) is 0 Å². The Morgan fingerprint density at radius 2 is 2.29 bits per heavy atom. The topological polar surface area (TPSA) is 21.3 Å². The molecule has 0 aliphatic carbocycles. The van der Waals surface area contributed by atoms with Crippen molar-refractivity contribution in [2.24, 2.45) is 0 Å². The maximum atomic E-state index is 6.02. The van der Waals surface area contributed by atoms with Gasteiger partial charge in [-0.1, -0.05) is 11.6 Å². The third kappa shape index (κ3) is 1.60. The average Bonchev–Trinajstić information content (AvgIpc) is 2.17. The lowest BCUT2D eigenvalue weighted by atomic mass is 9.98. The molecule has 1 N–H and O–H groups in total. The van der Waals surface area contributed by atoms with Crippen molar-refractivity contribution in [2.45, 2.75) is 19.4 Å². The van der Waals surface area contributed by atoms with Gasteiger partial charge in [0.25, 0.3) is 0 Å². The average molecular weight is 212 g/mol. The van der Waals surface area contributed by atoms with Gasteiger partial charge in [-0.3, -0.25) is 0 Å². The molecule has 0 saturated heterocycles. The van der Waals surface area contributed by atoms with E-state index >= 15 is 0 Å². The highest BCUT2D eigenvalue weighted by atomic mass is 35.5. The van der Waals surface area contributed by atoms with E-state index in [1.165, 1.54) is 5.56 Å². The molecule has 0 spiro atoms. The molecule has 1 unspecified atom stereocenters. The van der Waals surface area contributed by atoms with Gasteiger partial charge >= 0.3 is 0 Å². The Balaban J connectivity index is 2.51. The molecule has 1 heterocycles. The molecule has 0 radical (unpaired) electrons. The van der Waals surface area contributed by atoms with Crippen LogP contribution in [-0.2, 0) is 0 Å². The second kappa shape index (κ2) is 3.79. The first-order valence-corrected chi connectivity index (χ1v) is 5.20. The van der Waals surface area contributed by atoms with Crippen LogP contribution in [0.2, 0.25) is 5.02 Å². The highest BCUT2D eigenvalue weighted by Gasteiger charge is 2.21. The highest BCUT2D eigenvalue weighted by Crippen LogP contribution is 2.36. The van der Waals surface area contributed by atoms with Crippen LogP contribution in [0.4, 0.5) is 0 Å². The van der Waals surface area contributed by atoms with Gasteiger partial charge < -0.3 is 10.1 Å². The molecule has 1 aromatic carbocycles. The van der Waals surface area contributed by atoms with Crippen molar-refractivity contribution in [1.82, 2.24) is 5.32 Å². The van der Waals surface area contributed by atoms with Gasteiger partial charge in [-0.25, -0.2) is 0 Å². The molecule has 3 heteroatoms. The summed E-state index contributed by atoms with van der Waals surface area (Å²) < 4.78 is 5.64. The van der Waals surface area contributed by atoms with Crippen molar-refractivity contribution in [2.75, 3.05) is 13.7 Å². The predicted octanol–water partition coefficient (Wildman–Crippen LogP) is 2.69. The van der Waals surface area contributed by atoms with E-state index in [0.717, 1.165) is 29.4 Å². The van der Waals surface area contributed by atoms with Crippen molar-refractivity contribution < 1.29 is 4.74 Å². The lowest BCUT2D eigenvalue weighted by molar-refractivity contribution is 0.255. The van der Waals surface area contributed by atoms with E-state index in [9.17, 15) is 0 Å². The fourth-order valence-electron chi connectivity index (χ4n) is 1.95. The summed E-state index contributed by atoms with van der Waals surface area (Å²) in [5.74, 6) is 1.00. The number of rotatable bonds is 1. The van der Waals surface area contributed by atoms with Crippen LogP contribution in [0, 0.1) is 6.92 Å². The van der Waals surface area contributed by atoms with Crippen LogP contribution in [0.25, 0.3) is 0 Å². The molecule has 0 aromatic heterocycles. The molecule has 1 aliphatic heterocycles. The van der Waals surface area contributed by atoms with Crippen LogP contribution in [-0.4, -0.2) is 13.7 Å². The van der Waals surface area contributed by atoms with E-state index in [4.69, 9.17) is 16.3 Å². The van der Waals surface area contributed by atoms with Gasteiger partial charge in [-0.05, 0) is 31.7 Å². The van der Waals surface area contributed by atoms with Crippen LogP contribution in [0.3, 0.4) is 0 Å². The summed E-state index contributed by atoms with van der Waals surface area (Å²) in [5, 5.41) is 4.06. The Morgan fingerprint density at radius 1 is 1.50 bits per heavy atom. The van der Waals surface area contributed by atoms with E-state index in [1.54, 1.807) is 0 Å². The summed E-state index contributed by atoms with van der Waals surface area (Å²) in [5.41, 5.74) is 2.30. The normalized spacial score (nSPS) is 20.1. The molecule has 1 aliphatic rings. The first-order chi connectivity index (χ1) is 6.72. The van der Waals surface area contributed by atoms with Gasteiger partial charge in [0.15, 0.2) is 0 Å². The molecule has 76 valence electrons. The number of benzene rings is 1. The monoisotopic (exact) mass is 211 g/mol. The second-order valence-corrected chi connectivity index (χ2v) is 4.06. The SMILES string of the molecule is CNC1CCOc2c(C)cc(Cl)cc21. The molecule has 2 nitrogen and oxygen atoms in total. The number of fused-ring (bicyclic) bond motifs is 1. The summed E-state index contributed by atoms with van der Waals surface area (Å²) in [6.07, 6.45) is 1.00. The minimum Gasteiger partial charge on any atom is -0.493 e. The minimum absolute atomic E-state index is 0.371. The van der Waals surface area contributed by atoms with Crippen molar-refractivity contribution in [3.8, 4) is 5.75 Å². The van der Waals surface area contributed by atoms with Crippen LogP contribution in [0.15, 0.2) is 12.1 Å². The molecule has 0 fully saturated rings. The van der Waals surface area contributed by atoms with Crippen LogP contribution >= 0.6 is 11.6 Å². The van der Waals surface area contributed by atoms with E-state index in [1.807, 2.05) is 26.1 Å². The Kier molecular flexibility index (Phi) is 2.66. The number of hydrogen-bond acceptors (Lipinski definition) is 2. The number of nitrogens with one attached hydrogen (secondary N) is 1. The molecule has 2 rings (SSSR count). The zero-order chi connectivity index (χ0) is 10.1. The van der Waals surface area contributed by atoms with Crippen molar-refractivity contribution >= 4 is 11.6 Å². The Hall–Kier alpha value is -0.730. The third-order valence-electron chi connectivity index (χ3n) is 2.64. The number of hydrogen-bond donors (Lipinski definition) is 1. The van der Waals surface area contributed by atoms with E-state index < -0.39 is 0 Å². The molecule has 1 atom stereocenters. The van der Waals surface area contributed by atoms with Crippen LogP contribution in [0.5, 0.6) is 5.75 Å². The lowest BCUT2D eigenvalue weighted by Crippen LogP contribution is -2.24. The van der Waals surface area contributed by atoms with Gasteiger partial charge in [0.1, 0.15) is 5.75 Å². The maximum absolute atomic E-state index is 6.02. The van der Waals surface area contributed by atoms with Gasteiger partial charge in [-0.2, -0.15) is 0 Å². The summed E-state index contributed by atoms with van der Waals surface area (Å²) >= 11 is 6.02. The van der Waals surface area contributed by atoms with Crippen molar-refractivity contribution in [3.05, 3.63) is 28.3 Å². The van der Waals surface area contributed by atoms with Gasteiger partial charge in [-0.15, -0.1) is 0 Å². The van der Waals surface area contributed by atoms with Crippen LogP contribution in [0.1, 0.15) is 23.6 Å². The summed E-state index contributed by atoms with van der Waals surface area (Å²) in [7, 11) is 1.97. The van der Waals surface area contributed by atoms with E-state index in [-0.39, 0.29) is 0 Å². The quantitative estimate of drug-likeness (QED) is 0.771. The van der Waals surface area contributed by atoms with Gasteiger partial charge in [0.05, 0.1) is 6.61 Å². The second-order valence-electron chi connectivity index (χ2n) is 3.62. The molecule has 1 aromatic rings. The summed E-state index contributed by atoms with van der Waals surface area (Å²) in [4.78, 5) is 0. The number of aryl methyl sites for hydroxylation is 1. The number of ether oxygens (including phenoxy) is 1. The summed E-state index contributed by atoms with van der Waals surface area (Å²) in [6, 6.07) is 4.30. The Labute approximate surface area is 89.2 Å². The fourth-order valence-corrected chi connectivity index (χ4v) is 2.23. The number of halogens is 1. The smallest absolute Gasteiger partial charge is 0.127 e. The molecule has 14 heavy (non-hydrogen) atoms. The molecule has 0 saturated carbocycles. The maximum Gasteiger partial charge on any atom is 0.127 e. The van der Waals surface area contributed by atoms with E-state index in [2.05, 4.69) is 5.32 Å². The largest absolute Gasteiger partial charge is 0.493 e. The van der Waals surface area contributed by atoms with E-state index in [0.29, 0.717) is 6.04 Å². The molecule has 0 bridgehead atoms. The lowest BCUT2D eigenvalue weighted by Gasteiger charge is -2.27. The molecular weight excluding hydrogens is 198 g/mol. The van der Waals surface area contributed by atoms with Gasteiger partial charge in [0, 0.05) is 23.0 Å². The predicted molar refractivity (Wildman–Crippen MR) is 58.1 cm³/mol. The standard InChI is InChI=1S/C11H14ClNO/c1-7-5-8(12)6-9-10(13-2)3-4-14-11(7)9/h5-6,10,13H,3-4H2,1-2H3. The fraction of sp³-hybridized carbons (Fsp3) is 0.455. The van der Waals surface area contributed by atoms with Crippen molar-refractivity contribution in [3.63, 3.8) is 0 Å². The zero-order valence-electron chi connectivity index (χ0n) is 8.43. The Morgan fingerprint density at radius 3 is 3.00 bits per heavy atom. The first-order valence-electron chi connectivity index (χ1n) is 4.82. The molecular formula is C11H14ClNO. The van der Waals surface area contributed by atoms with Crippen LogP contribution < -0.4 is 10.1 Å². The zero-order valence-corrected chi connectivity index (χ0v) is 9.19. The molecule has 0 amide bonds. The first kappa shape index (κ1) is 9.81.